The van der Waals surface area contributed by atoms with E-state index in [0.717, 1.165) is 12.8 Å². The maximum absolute atomic E-state index is 6.00. The van der Waals surface area contributed by atoms with Gasteiger partial charge in [0.15, 0.2) is 0 Å². The minimum absolute atomic E-state index is 0.298. The van der Waals surface area contributed by atoms with Gasteiger partial charge in [-0.2, -0.15) is 0 Å². The number of aryl methyl sites for hydroxylation is 1. The van der Waals surface area contributed by atoms with Crippen molar-refractivity contribution in [3.63, 3.8) is 0 Å². The summed E-state index contributed by atoms with van der Waals surface area (Å²) in [5.41, 5.74) is 8.79. The molecule has 1 rings (SSSR count). The molecule has 0 radical (unpaired) electrons. The third-order valence-electron chi connectivity index (χ3n) is 3.09. The summed E-state index contributed by atoms with van der Waals surface area (Å²) in [6.45, 7) is 6.58. The normalized spacial score (nSPS) is 12.7. The zero-order valence-electron chi connectivity index (χ0n) is 11.3. The quantitative estimate of drug-likeness (QED) is 0.581. The molecule has 0 spiro atoms. The van der Waals surface area contributed by atoms with Gasteiger partial charge >= 0.3 is 0 Å². The topological polar surface area (TPSA) is 26.0 Å². The summed E-state index contributed by atoms with van der Waals surface area (Å²) in [4.78, 5) is 1.39. The monoisotopic (exact) mass is 251 g/mol. The lowest BCUT2D eigenvalue weighted by molar-refractivity contribution is 0.644. The molecular formula is C15H25NS. The van der Waals surface area contributed by atoms with E-state index in [2.05, 4.69) is 39.0 Å². The van der Waals surface area contributed by atoms with Crippen LogP contribution in [0.2, 0.25) is 0 Å². The van der Waals surface area contributed by atoms with Gasteiger partial charge in [-0.05, 0) is 55.2 Å². The first-order chi connectivity index (χ1) is 8.17. The summed E-state index contributed by atoms with van der Waals surface area (Å²) < 4.78 is 0. The van der Waals surface area contributed by atoms with Crippen LogP contribution in [0.25, 0.3) is 0 Å². The Labute approximate surface area is 110 Å². The Morgan fingerprint density at radius 1 is 1.29 bits per heavy atom. The number of benzene rings is 1. The van der Waals surface area contributed by atoms with Crippen molar-refractivity contribution in [1.29, 1.82) is 0 Å². The second-order valence-electron chi connectivity index (χ2n) is 4.66. The first-order valence-corrected chi connectivity index (χ1v) is 7.63. The highest BCUT2D eigenvalue weighted by atomic mass is 32.2. The molecule has 2 N–H and O–H groups in total. The second kappa shape index (κ2) is 7.78. The third kappa shape index (κ3) is 5.13. The first kappa shape index (κ1) is 14.6. The molecule has 1 atom stereocenters. The van der Waals surface area contributed by atoms with E-state index in [1.54, 1.807) is 0 Å². The Morgan fingerprint density at radius 3 is 2.65 bits per heavy atom. The van der Waals surface area contributed by atoms with Crippen molar-refractivity contribution in [3.8, 4) is 0 Å². The number of nitrogens with two attached hydrogens (primary N) is 1. The minimum atomic E-state index is 0.298. The number of thioether (sulfide) groups is 1. The molecule has 1 nitrogen and oxygen atoms in total. The summed E-state index contributed by atoms with van der Waals surface area (Å²) in [5.74, 6) is 1.23. The summed E-state index contributed by atoms with van der Waals surface area (Å²) in [6, 6.07) is 7.09. The molecule has 0 bridgehead atoms. The Kier molecular flexibility index (Phi) is 6.68. The van der Waals surface area contributed by atoms with Crippen LogP contribution in [0.15, 0.2) is 23.1 Å². The molecular weight excluding hydrogens is 226 g/mol. The van der Waals surface area contributed by atoms with E-state index in [9.17, 15) is 0 Å². The largest absolute Gasteiger partial charge is 0.327 e. The van der Waals surface area contributed by atoms with Crippen molar-refractivity contribution >= 4 is 11.8 Å². The first-order valence-electron chi connectivity index (χ1n) is 6.65. The highest BCUT2D eigenvalue weighted by Crippen LogP contribution is 2.23. The van der Waals surface area contributed by atoms with E-state index < -0.39 is 0 Å². The van der Waals surface area contributed by atoms with Gasteiger partial charge in [-0.3, -0.25) is 0 Å². The molecule has 0 aliphatic carbocycles. The van der Waals surface area contributed by atoms with Crippen LogP contribution in [0.1, 0.15) is 44.2 Å². The highest BCUT2D eigenvalue weighted by Gasteiger charge is 2.05. The maximum atomic E-state index is 6.00. The van der Waals surface area contributed by atoms with Crippen molar-refractivity contribution in [3.05, 3.63) is 29.3 Å². The standard InChI is InChI=1S/C15H25NS/c1-4-6-9-17-15-8-7-13(12(3)10-15)11-14(16)5-2/h7-8,10,14H,4-6,9,11,16H2,1-3H3. The zero-order chi connectivity index (χ0) is 12.7. The van der Waals surface area contributed by atoms with E-state index in [0.29, 0.717) is 6.04 Å². The van der Waals surface area contributed by atoms with Gasteiger partial charge in [-0.25, -0.2) is 0 Å². The molecule has 0 aliphatic heterocycles. The molecule has 0 heterocycles. The van der Waals surface area contributed by atoms with Crippen LogP contribution < -0.4 is 5.73 Å². The average Bonchev–Trinajstić information content (AvgIpc) is 2.32. The number of unbranched alkanes of at least 4 members (excludes halogenated alkanes) is 1. The van der Waals surface area contributed by atoms with Crippen LogP contribution in [0.3, 0.4) is 0 Å². The van der Waals surface area contributed by atoms with Gasteiger partial charge in [0.2, 0.25) is 0 Å². The third-order valence-corrected chi connectivity index (χ3v) is 4.17. The van der Waals surface area contributed by atoms with Gasteiger partial charge in [0.25, 0.3) is 0 Å². The van der Waals surface area contributed by atoms with Crippen LogP contribution in [0.4, 0.5) is 0 Å². The Balaban J connectivity index is 2.59. The fourth-order valence-electron chi connectivity index (χ4n) is 1.75. The molecule has 0 fully saturated rings. The van der Waals surface area contributed by atoms with Crippen LogP contribution in [0, 0.1) is 6.92 Å². The van der Waals surface area contributed by atoms with Gasteiger partial charge < -0.3 is 5.73 Å². The summed E-state index contributed by atoms with van der Waals surface area (Å²) in [5, 5.41) is 0. The lowest BCUT2D eigenvalue weighted by atomic mass is 10.0. The van der Waals surface area contributed by atoms with Gasteiger partial charge in [0.1, 0.15) is 0 Å². The van der Waals surface area contributed by atoms with Crippen molar-refractivity contribution in [1.82, 2.24) is 0 Å². The van der Waals surface area contributed by atoms with E-state index in [4.69, 9.17) is 5.73 Å². The van der Waals surface area contributed by atoms with Gasteiger partial charge in [0, 0.05) is 10.9 Å². The van der Waals surface area contributed by atoms with E-state index in [1.165, 1.54) is 34.6 Å². The smallest absolute Gasteiger partial charge is 0.00767 e. The predicted molar refractivity (Wildman–Crippen MR) is 78.8 cm³/mol. The molecule has 17 heavy (non-hydrogen) atoms. The van der Waals surface area contributed by atoms with Crippen molar-refractivity contribution < 1.29 is 0 Å². The molecule has 0 aliphatic rings. The number of hydrogen-bond donors (Lipinski definition) is 1. The van der Waals surface area contributed by atoms with E-state index >= 15 is 0 Å². The summed E-state index contributed by atoms with van der Waals surface area (Å²) in [7, 11) is 0. The SMILES string of the molecule is CCCCSc1ccc(CC(N)CC)c(C)c1. The van der Waals surface area contributed by atoms with Gasteiger partial charge in [-0.1, -0.05) is 26.3 Å². The Morgan fingerprint density at radius 2 is 2.06 bits per heavy atom. The molecule has 0 saturated carbocycles. The Bertz CT molecular complexity index is 336. The maximum Gasteiger partial charge on any atom is 0.00767 e. The molecule has 2 heteroatoms. The molecule has 96 valence electrons. The van der Waals surface area contributed by atoms with E-state index in [1.807, 2.05) is 11.8 Å². The molecule has 1 aromatic carbocycles. The Hall–Kier alpha value is -0.470. The van der Waals surface area contributed by atoms with Crippen molar-refractivity contribution in [2.45, 2.75) is 57.4 Å². The van der Waals surface area contributed by atoms with Crippen LogP contribution in [0.5, 0.6) is 0 Å². The number of hydrogen-bond acceptors (Lipinski definition) is 2. The molecule has 0 amide bonds. The zero-order valence-corrected chi connectivity index (χ0v) is 12.1. The lowest BCUT2D eigenvalue weighted by Crippen LogP contribution is -2.21. The van der Waals surface area contributed by atoms with Crippen LogP contribution in [-0.2, 0) is 6.42 Å². The summed E-state index contributed by atoms with van der Waals surface area (Å²) in [6.07, 6.45) is 4.62. The van der Waals surface area contributed by atoms with Gasteiger partial charge in [-0.15, -0.1) is 11.8 Å². The van der Waals surface area contributed by atoms with Crippen molar-refractivity contribution in [2.24, 2.45) is 5.73 Å². The average molecular weight is 251 g/mol. The fraction of sp³-hybridized carbons (Fsp3) is 0.600. The van der Waals surface area contributed by atoms with Gasteiger partial charge in [0.05, 0.1) is 0 Å². The molecule has 0 aromatic heterocycles. The van der Waals surface area contributed by atoms with Crippen LogP contribution in [-0.4, -0.2) is 11.8 Å². The summed E-state index contributed by atoms with van der Waals surface area (Å²) >= 11 is 1.96. The second-order valence-corrected chi connectivity index (χ2v) is 5.83. The number of rotatable bonds is 7. The lowest BCUT2D eigenvalue weighted by Gasteiger charge is -2.12. The predicted octanol–water partition coefficient (Wildman–Crippen LogP) is 4.17. The fourth-order valence-corrected chi connectivity index (χ4v) is 2.84. The molecule has 1 unspecified atom stereocenters. The minimum Gasteiger partial charge on any atom is -0.327 e. The van der Waals surface area contributed by atoms with Crippen molar-refractivity contribution in [2.75, 3.05) is 5.75 Å². The molecule has 0 saturated heterocycles. The van der Waals surface area contributed by atoms with Crippen LogP contribution >= 0.6 is 11.8 Å². The molecule has 1 aromatic rings. The highest BCUT2D eigenvalue weighted by molar-refractivity contribution is 7.99. The van der Waals surface area contributed by atoms with E-state index in [-0.39, 0.29) is 0 Å².